The summed E-state index contributed by atoms with van der Waals surface area (Å²) in [5.74, 6) is -0.708. The lowest BCUT2D eigenvalue weighted by molar-refractivity contribution is -0.0587. The molecule has 0 saturated carbocycles. The fourth-order valence-electron chi connectivity index (χ4n) is 2.18. The Labute approximate surface area is 122 Å². The molecule has 11 nitrogen and oxygen atoms in total. The van der Waals surface area contributed by atoms with Gasteiger partial charge in [-0.15, -0.1) is 5.10 Å². The number of carbonyl (C=O) groups is 1. The second-order valence-corrected chi connectivity index (χ2v) is 4.72. The minimum Gasteiger partial charge on any atom is -0.394 e. The first-order valence-electron chi connectivity index (χ1n) is 6.31. The minimum absolute atomic E-state index is 0.0129. The van der Waals surface area contributed by atoms with Crippen molar-refractivity contribution in [1.82, 2.24) is 19.9 Å². The van der Waals surface area contributed by atoms with E-state index in [0.717, 1.165) is 10.9 Å². The van der Waals surface area contributed by atoms with Gasteiger partial charge in [0, 0.05) is 0 Å². The van der Waals surface area contributed by atoms with Crippen molar-refractivity contribution in [3.8, 4) is 11.5 Å². The van der Waals surface area contributed by atoms with E-state index in [1.165, 1.54) is 6.33 Å². The maximum Gasteiger partial charge on any atom is 0.254 e. The fraction of sp³-hybridized carbons (Fsp3) is 0.455. The largest absolute Gasteiger partial charge is 0.394 e. The molecule has 1 amide bonds. The summed E-state index contributed by atoms with van der Waals surface area (Å²) in [6.07, 6.45) is -2.20. The molecule has 1 aliphatic rings. The Kier molecular flexibility index (Phi) is 3.62. The highest BCUT2D eigenvalue weighted by Crippen LogP contribution is 2.29. The van der Waals surface area contributed by atoms with Gasteiger partial charge in [0.15, 0.2) is 11.9 Å². The van der Waals surface area contributed by atoms with Crippen LogP contribution in [0.3, 0.4) is 0 Å². The first kappa shape index (κ1) is 14.6. The maximum atomic E-state index is 11.2. The van der Waals surface area contributed by atoms with Crippen LogP contribution in [0.25, 0.3) is 11.5 Å². The Morgan fingerprint density at radius 1 is 1.41 bits per heavy atom. The second-order valence-electron chi connectivity index (χ2n) is 4.72. The van der Waals surface area contributed by atoms with Crippen LogP contribution in [-0.4, -0.2) is 66.1 Å². The third-order valence-electron chi connectivity index (χ3n) is 3.33. The van der Waals surface area contributed by atoms with Gasteiger partial charge in [0.25, 0.3) is 5.91 Å². The van der Waals surface area contributed by atoms with Crippen molar-refractivity contribution in [1.29, 1.82) is 0 Å². The number of hydrogen-bond donors (Lipinski definition) is 4. The zero-order valence-electron chi connectivity index (χ0n) is 11.1. The van der Waals surface area contributed by atoms with Crippen molar-refractivity contribution >= 4 is 5.91 Å². The number of aliphatic hydroxyl groups excluding tert-OH is 3. The smallest absolute Gasteiger partial charge is 0.254 e. The van der Waals surface area contributed by atoms with Crippen LogP contribution in [0.4, 0.5) is 0 Å². The molecular formula is C11H13N5O6. The number of carbonyl (C=O) groups excluding carboxylic acids is 1. The molecule has 0 spiro atoms. The molecule has 0 radical (unpaired) electrons. The van der Waals surface area contributed by atoms with Crippen LogP contribution in [0.1, 0.15) is 16.6 Å². The van der Waals surface area contributed by atoms with Gasteiger partial charge in [-0.05, 0) is 0 Å². The van der Waals surface area contributed by atoms with Crippen molar-refractivity contribution < 1.29 is 29.4 Å². The third-order valence-corrected chi connectivity index (χ3v) is 3.33. The summed E-state index contributed by atoms with van der Waals surface area (Å²) in [5, 5.41) is 36.3. The minimum atomic E-state index is -1.29. The number of hydrogen-bond acceptors (Lipinski definition) is 9. The molecule has 22 heavy (non-hydrogen) atoms. The predicted octanol–water partition coefficient (Wildman–Crippen LogP) is -2.36. The number of rotatable bonds is 4. The number of primary amides is 1. The van der Waals surface area contributed by atoms with E-state index in [0.29, 0.717) is 0 Å². The molecule has 1 aliphatic heterocycles. The number of aliphatic hydroxyl groups is 3. The second kappa shape index (κ2) is 5.46. The highest BCUT2D eigenvalue weighted by molar-refractivity contribution is 5.97. The van der Waals surface area contributed by atoms with Crippen LogP contribution in [0.2, 0.25) is 0 Å². The molecule has 1 unspecified atom stereocenters. The quantitative estimate of drug-likeness (QED) is 0.482. The summed E-state index contributed by atoms with van der Waals surface area (Å²) in [4.78, 5) is 15.2. The molecule has 3 rings (SSSR count). The topological polar surface area (TPSA) is 170 Å². The van der Waals surface area contributed by atoms with Crippen molar-refractivity contribution in [2.45, 2.75) is 24.5 Å². The van der Waals surface area contributed by atoms with E-state index in [2.05, 4.69) is 19.8 Å². The van der Waals surface area contributed by atoms with Crippen LogP contribution >= 0.6 is 0 Å². The fourth-order valence-corrected chi connectivity index (χ4v) is 2.18. The van der Waals surface area contributed by atoms with Crippen molar-refractivity contribution in [2.75, 3.05) is 6.61 Å². The van der Waals surface area contributed by atoms with E-state index >= 15 is 0 Å². The molecule has 1 saturated heterocycles. The highest BCUT2D eigenvalue weighted by atomic mass is 16.6. The lowest BCUT2D eigenvalue weighted by atomic mass is 10.1. The van der Waals surface area contributed by atoms with Gasteiger partial charge < -0.3 is 30.3 Å². The summed E-state index contributed by atoms with van der Waals surface area (Å²) in [6, 6.07) is 0. The average Bonchev–Trinajstić information content (AvgIpc) is 3.19. The molecular weight excluding hydrogens is 298 g/mol. The van der Waals surface area contributed by atoms with Crippen molar-refractivity contribution in [3.63, 3.8) is 0 Å². The first-order valence-corrected chi connectivity index (χ1v) is 6.31. The van der Waals surface area contributed by atoms with Crippen LogP contribution in [0.5, 0.6) is 0 Å². The molecule has 0 bridgehead atoms. The Bertz CT molecular complexity index is 684. The third kappa shape index (κ3) is 2.25. The Morgan fingerprint density at radius 3 is 2.82 bits per heavy atom. The molecule has 1 fully saturated rings. The highest BCUT2D eigenvalue weighted by Gasteiger charge is 2.44. The molecule has 2 aromatic rings. The molecule has 5 N–H and O–H groups in total. The van der Waals surface area contributed by atoms with E-state index in [-0.39, 0.29) is 17.1 Å². The van der Waals surface area contributed by atoms with Gasteiger partial charge in [-0.25, -0.2) is 9.67 Å². The zero-order chi connectivity index (χ0) is 15.9. The number of nitrogens with two attached hydrogens (primary N) is 1. The summed E-state index contributed by atoms with van der Waals surface area (Å²) < 4.78 is 11.1. The van der Waals surface area contributed by atoms with E-state index in [1.54, 1.807) is 0 Å². The SMILES string of the molecule is NC(=O)c1conc1-c1ncn([C@@H]2O[C@H](CO)C(O)[C@@H]2O)n1. The average molecular weight is 311 g/mol. The van der Waals surface area contributed by atoms with E-state index in [4.69, 9.17) is 15.6 Å². The van der Waals surface area contributed by atoms with Crippen molar-refractivity contribution in [2.24, 2.45) is 5.73 Å². The molecule has 0 aliphatic carbocycles. The van der Waals surface area contributed by atoms with Gasteiger partial charge in [-0.3, -0.25) is 4.79 Å². The van der Waals surface area contributed by atoms with Gasteiger partial charge in [0.05, 0.1) is 6.61 Å². The summed E-state index contributed by atoms with van der Waals surface area (Å²) in [7, 11) is 0. The standard InChI is InChI=1S/C11H13N5O6/c12-9(20)4-2-21-15-6(4)10-13-3-16(14-10)11-8(19)7(18)5(1-17)22-11/h2-3,5,7-8,11,17-19H,1H2,(H2,12,20)/t5-,7?,8+,11-/m1/s1. The first-order chi connectivity index (χ1) is 10.5. The summed E-state index contributed by atoms with van der Waals surface area (Å²) >= 11 is 0. The number of aromatic nitrogens is 4. The van der Waals surface area contributed by atoms with Gasteiger partial charge >= 0.3 is 0 Å². The van der Waals surface area contributed by atoms with Gasteiger partial charge in [-0.1, -0.05) is 5.16 Å². The molecule has 3 heterocycles. The monoisotopic (exact) mass is 311 g/mol. The van der Waals surface area contributed by atoms with Gasteiger partial charge in [0.1, 0.15) is 36.5 Å². The predicted molar refractivity (Wildman–Crippen MR) is 67.0 cm³/mol. The molecule has 11 heteroatoms. The van der Waals surface area contributed by atoms with E-state index in [1.807, 2.05) is 0 Å². The molecule has 4 atom stereocenters. The van der Waals surface area contributed by atoms with E-state index < -0.39 is 37.1 Å². The van der Waals surface area contributed by atoms with Crippen molar-refractivity contribution in [3.05, 3.63) is 18.2 Å². The van der Waals surface area contributed by atoms with Crippen LogP contribution in [0, 0.1) is 0 Å². The Balaban J connectivity index is 1.88. The lowest BCUT2D eigenvalue weighted by Gasteiger charge is -2.13. The van der Waals surface area contributed by atoms with Crippen LogP contribution < -0.4 is 5.73 Å². The summed E-state index contributed by atoms with van der Waals surface area (Å²) in [5.41, 5.74) is 5.24. The molecule has 2 aromatic heterocycles. The van der Waals surface area contributed by atoms with Gasteiger partial charge in [0.2, 0.25) is 5.82 Å². The zero-order valence-corrected chi connectivity index (χ0v) is 11.1. The normalized spacial score (nSPS) is 28.1. The lowest BCUT2D eigenvalue weighted by Crippen LogP contribution is -2.33. The van der Waals surface area contributed by atoms with Crippen LogP contribution in [-0.2, 0) is 4.74 Å². The number of amides is 1. The maximum absolute atomic E-state index is 11.2. The molecule has 118 valence electrons. The van der Waals surface area contributed by atoms with Gasteiger partial charge in [-0.2, -0.15) is 0 Å². The number of nitrogens with zero attached hydrogens (tertiary/aromatic N) is 4. The van der Waals surface area contributed by atoms with E-state index in [9.17, 15) is 15.0 Å². The summed E-state index contributed by atoms with van der Waals surface area (Å²) in [6.45, 7) is -0.453. The Morgan fingerprint density at radius 2 is 2.18 bits per heavy atom. The van der Waals surface area contributed by atoms with Crippen LogP contribution in [0.15, 0.2) is 17.1 Å². The Hall–Kier alpha value is -2.34. The molecule has 0 aromatic carbocycles. The number of ether oxygens (including phenoxy) is 1.